The van der Waals surface area contributed by atoms with Gasteiger partial charge in [-0.3, -0.25) is 0 Å². The Kier molecular flexibility index (Phi) is 5.05. The minimum atomic E-state index is 0.680. The number of halogens is 1. The van der Waals surface area contributed by atoms with Crippen molar-refractivity contribution in [3.05, 3.63) is 58.7 Å². The first-order valence-electron chi connectivity index (χ1n) is 9.03. The third-order valence-electron chi connectivity index (χ3n) is 4.95. The highest BCUT2D eigenvalue weighted by Gasteiger charge is 2.19. The van der Waals surface area contributed by atoms with Crippen LogP contribution in [-0.4, -0.2) is 24.8 Å². The summed E-state index contributed by atoms with van der Waals surface area (Å²) in [5, 5.41) is 5.54. The van der Waals surface area contributed by atoms with Crippen LogP contribution in [0.1, 0.15) is 17.7 Å². The molecule has 4 nitrogen and oxygen atoms in total. The van der Waals surface area contributed by atoms with E-state index in [4.69, 9.17) is 21.1 Å². The Morgan fingerprint density at radius 3 is 2.73 bits per heavy atom. The predicted octanol–water partition coefficient (Wildman–Crippen LogP) is 4.42. The third-order valence-corrected chi connectivity index (χ3v) is 5.20. The fourth-order valence-corrected chi connectivity index (χ4v) is 3.81. The molecule has 1 aromatic heterocycles. The number of methoxy groups -OCH3 is 1. The Labute approximate surface area is 158 Å². The molecule has 136 valence electrons. The molecule has 0 bridgehead atoms. The van der Waals surface area contributed by atoms with Gasteiger partial charge in [-0.25, -0.2) is 0 Å². The van der Waals surface area contributed by atoms with E-state index in [2.05, 4.69) is 22.0 Å². The maximum Gasteiger partial charge on any atom is 0.119 e. The fraction of sp³-hybridized carbons (Fsp3) is 0.333. The lowest BCUT2D eigenvalue weighted by atomic mass is 10.0. The summed E-state index contributed by atoms with van der Waals surface area (Å²) in [6, 6.07) is 13.9. The van der Waals surface area contributed by atoms with Crippen molar-refractivity contribution >= 4 is 22.5 Å². The van der Waals surface area contributed by atoms with Gasteiger partial charge in [-0.1, -0.05) is 11.6 Å². The Balaban J connectivity index is 1.51. The second-order valence-electron chi connectivity index (χ2n) is 6.54. The minimum absolute atomic E-state index is 0.680. The molecule has 5 heteroatoms. The zero-order valence-corrected chi connectivity index (χ0v) is 15.7. The maximum atomic E-state index is 5.91. The fourth-order valence-electron chi connectivity index (χ4n) is 3.68. The lowest BCUT2D eigenvalue weighted by Gasteiger charge is -2.17. The molecular weight excluding hydrogens is 348 g/mol. The number of nitrogens with one attached hydrogen (secondary N) is 1. The van der Waals surface area contributed by atoms with Gasteiger partial charge in [0.2, 0.25) is 0 Å². The Bertz CT molecular complexity index is 903. The van der Waals surface area contributed by atoms with Crippen molar-refractivity contribution in [1.82, 2.24) is 9.88 Å². The Morgan fingerprint density at radius 1 is 1.12 bits per heavy atom. The van der Waals surface area contributed by atoms with Crippen molar-refractivity contribution in [2.75, 3.05) is 20.3 Å². The smallest absolute Gasteiger partial charge is 0.119 e. The Hall–Kier alpha value is -2.17. The van der Waals surface area contributed by atoms with E-state index in [0.29, 0.717) is 6.61 Å². The van der Waals surface area contributed by atoms with Crippen LogP contribution in [0.2, 0.25) is 5.02 Å². The SMILES string of the molecule is COc1ccc2c(c1)c1c(n2CCCOc2ccc(Cl)cc2)CNCC1. The van der Waals surface area contributed by atoms with Gasteiger partial charge in [0.15, 0.2) is 0 Å². The van der Waals surface area contributed by atoms with E-state index in [9.17, 15) is 0 Å². The van der Waals surface area contributed by atoms with Crippen LogP contribution in [0.4, 0.5) is 0 Å². The van der Waals surface area contributed by atoms with E-state index in [1.54, 1.807) is 7.11 Å². The molecule has 1 aliphatic heterocycles. The van der Waals surface area contributed by atoms with Crippen LogP contribution in [0, 0.1) is 0 Å². The summed E-state index contributed by atoms with van der Waals surface area (Å²) in [6.45, 7) is 3.57. The number of aromatic nitrogens is 1. The van der Waals surface area contributed by atoms with E-state index in [1.165, 1.54) is 22.2 Å². The van der Waals surface area contributed by atoms with Gasteiger partial charge in [0.25, 0.3) is 0 Å². The first-order chi connectivity index (χ1) is 12.8. The number of hydrogen-bond donors (Lipinski definition) is 1. The van der Waals surface area contributed by atoms with Crippen LogP contribution < -0.4 is 14.8 Å². The largest absolute Gasteiger partial charge is 0.497 e. The minimum Gasteiger partial charge on any atom is -0.497 e. The van der Waals surface area contributed by atoms with Gasteiger partial charge in [-0.05, 0) is 67.4 Å². The van der Waals surface area contributed by atoms with Gasteiger partial charge >= 0.3 is 0 Å². The number of rotatable bonds is 6. The van der Waals surface area contributed by atoms with Crippen LogP contribution in [0.3, 0.4) is 0 Å². The molecule has 26 heavy (non-hydrogen) atoms. The highest BCUT2D eigenvalue weighted by Crippen LogP contribution is 2.31. The van der Waals surface area contributed by atoms with Crippen molar-refractivity contribution in [3.8, 4) is 11.5 Å². The highest BCUT2D eigenvalue weighted by atomic mass is 35.5. The summed E-state index contributed by atoms with van der Waals surface area (Å²) in [6.07, 6.45) is 2.01. The number of fused-ring (bicyclic) bond motifs is 3. The van der Waals surface area contributed by atoms with Gasteiger partial charge in [0.1, 0.15) is 11.5 Å². The summed E-state index contributed by atoms with van der Waals surface area (Å²) >= 11 is 5.91. The molecule has 3 aromatic rings. The summed E-state index contributed by atoms with van der Waals surface area (Å²) in [7, 11) is 1.72. The summed E-state index contributed by atoms with van der Waals surface area (Å²) in [5.74, 6) is 1.78. The molecule has 0 radical (unpaired) electrons. The summed E-state index contributed by atoms with van der Waals surface area (Å²) in [4.78, 5) is 0. The molecule has 4 rings (SSSR count). The van der Waals surface area contributed by atoms with Crippen molar-refractivity contribution in [3.63, 3.8) is 0 Å². The van der Waals surface area contributed by atoms with Crippen molar-refractivity contribution in [2.24, 2.45) is 0 Å². The second-order valence-corrected chi connectivity index (χ2v) is 6.98. The van der Waals surface area contributed by atoms with Crippen molar-refractivity contribution in [1.29, 1.82) is 0 Å². The van der Waals surface area contributed by atoms with Crippen LogP contribution in [-0.2, 0) is 19.5 Å². The molecule has 0 saturated heterocycles. The van der Waals surface area contributed by atoms with E-state index in [-0.39, 0.29) is 0 Å². The Morgan fingerprint density at radius 2 is 1.92 bits per heavy atom. The predicted molar refractivity (Wildman–Crippen MR) is 105 cm³/mol. The zero-order chi connectivity index (χ0) is 17.9. The van der Waals surface area contributed by atoms with Crippen LogP contribution in [0.25, 0.3) is 10.9 Å². The molecular formula is C21H23ClN2O2. The first kappa shape index (κ1) is 17.3. The number of nitrogens with zero attached hydrogens (tertiary/aromatic N) is 1. The van der Waals surface area contributed by atoms with Gasteiger partial charge in [0.05, 0.1) is 13.7 Å². The molecule has 0 fully saturated rings. The molecule has 0 atom stereocenters. The third kappa shape index (κ3) is 3.39. The quantitative estimate of drug-likeness (QED) is 0.652. The van der Waals surface area contributed by atoms with Gasteiger partial charge in [-0.15, -0.1) is 0 Å². The van der Waals surface area contributed by atoms with Crippen LogP contribution >= 0.6 is 11.6 Å². The van der Waals surface area contributed by atoms with Gasteiger partial charge in [0, 0.05) is 34.7 Å². The monoisotopic (exact) mass is 370 g/mol. The summed E-state index contributed by atoms with van der Waals surface area (Å²) in [5.41, 5.74) is 4.13. The first-order valence-corrected chi connectivity index (χ1v) is 9.41. The second kappa shape index (κ2) is 7.60. The van der Waals surface area contributed by atoms with Crippen LogP contribution in [0.5, 0.6) is 11.5 Å². The van der Waals surface area contributed by atoms with E-state index in [1.807, 2.05) is 30.3 Å². The molecule has 0 saturated carbocycles. The van der Waals surface area contributed by atoms with E-state index < -0.39 is 0 Å². The maximum absolute atomic E-state index is 5.91. The number of hydrogen-bond acceptors (Lipinski definition) is 3. The van der Waals surface area contributed by atoms with E-state index >= 15 is 0 Å². The average Bonchev–Trinajstić information content (AvgIpc) is 3.00. The molecule has 2 aromatic carbocycles. The topological polar surface area (TPSA) is 35.4 Å². The summed E-state index contributed by atoms with van der Waals surface area (Å²) < 4.78 is 13.7. The molecule has 1 aliphatic rings. The molecule has 0 unspecified atom stereocenters. The molecule has 1 N–H and O–H groups in total. The number of aryl methyl sites for hydroxylation is 1. The standard InChI is InChI=1S/C21H23ClN2O2/c1-25-17-7-8-20-19(13-17)18-9-10-23-14-21(18)24(20)11-2-12-26-16-5-3-15(22)4-6-16/h3-8,13,23H,2,9-12,14H2,1H3. The molecule has 0 aliphatic carbocycles. The normalized spacial score (nSPS) is 13.6. The lowest BCUT2D eigenvalue weighted by Crippen LogP contribution is -2.25. The molecule has 2 heterocycles. The average molecular weight is 371 g/mol. The highest BCUT2D eigenvalue weighted by molar-refractivity contribution is 6.30. The van der Waals surface area contributed by atoms with E-state index in [0.717, 1.165) is 49.0 Å². The van der Waals surface area contributed by atoms with Crippen LogP contribution in [0.15, 0.2) is 42.5 Å². The van der Waals surface area contributed by atoms with Crippen molar-refractivity contribution in [2.45, 2.75) is 25.9 Å². The van der Waals surface area contributed by atoms with Gasteiger partial charge < -0.3 is 19.4 Å². The molecule has 0 amide bonds. The van der Waals surface area contributed by atoms with Gasteiger partial charge in [-0.2, -0.15) is 0 Å². The zero-order valence-electron chi connectivity index (χ0n) is 14.9. The molecule has 0 spiro atoms. The number of benzene rings is 2. The lowest BCUT2D eigenvalue weighted by molar-refractivity contribution is 0.301. The number of ether oxygens (including phenoxy) is 2. The van der Waals surface area contributed by atoms with Crippen molar-refractivity contribution < 1.29 is 9.47 Å².